The first kappa shape index (κ1) is 13.7. The molecule has 0 bridgehead atoms. The minimum absolute atomic E-state index is 0.0926. The molecule has 0 unspecified atom stereocenters. The molecule has 0 spiro atoms. The lowest BCUT2D eigenvalue weighted by atomic mass is 10.1. The van der Waals surface area contributed by atoms with E-state index in [2.05, 4.69) is 15.4 Å². The van der Waals surface area contributed by atoms with Gasteiger partial charge in [0.05, 0.1) is 11.3 Å². The van der Waals surface area contributed by atoms with Crippen LogP contribution in [-0.4, -0.2) is 21.2 Å². The van der Waals surface area contributed by atoms with Crippen molar-refractivity contribution in [3.63, 3.8) is 0 Å². The van der Waals surface area contributed by atoms with Crippen LogP contribution in [-0.2, 0) is 0 Å². The average Bonchev–Trinajstić information content (AvgIpc) is 2.45. The van der Waals surface area contributed by atoms with Crippen molar-refractivity contribution in [3.8, 4) is 11.6 Å². The standard InChI is InChI=1S/C13H13FN4O2/c1-7-8(2)16-17-13(11(7)12(15)18-19)20-10-5-3-9(14)4-6-10/h3-6,19H,1-2H3,(H2,15,18). The molecule has 6 nitrogen and oxygen atoms in total. The number of hydrogen-bond donors (Lipinski definition) is 2. The summed E-state index contributed by atoms with van der Waals surface area (Å²) >= 11 is 0. The van der Waals surface area contributed by atoms with Crippen molar-refractivity contribution in [2.45, 2.75) is 13.8 Å². The molecule has 0 aliphatic heterocycles. The number of rotatable bonds is 3. The van der Waals surface area contributed by atoms with Crippen LogP contribution in [0.5, 0.6) is 11.6 Å². The van der Waals surface area contributed by atoms with Crippen molar-refractivity contribution < 1.29 is 14.3 Å². The van der Waals surface area contributed by atoms with E-state index in [1.165, 1.54) is 24.3 Å². The summed E-state index contributed by atoms with van der Waals surface area (Å²) in [5, 5.41) is 19.6. The minimum atomic E-state index is -0.375. The Balaban J connectivity index is 2.46. The maximum Gasteiger partial charge on any atom is 0.250 e. The zero-order chi connectivity index (χ0) is 14.7. The van der Waals surface area contributed by atoms with Gasteiger partial charge in [0.25, 0.3) is 0 Å². The second kappa shape index (κ2) is 5.52. The van der Waals surface area contributed by atoms with Gasteiger partial charge in [0.2, 0.25) is 5.88 Å². The molecule has 3 N–H and O–H groups in total. The number of hydrogen-bond acceptors (Lipinski definition) is 5. The van der Waals surface area contributed by atoms with Crippen molar-refractivity contribution in [3.05, 3.63) is 46.9 Å². The SMILES string of the molecule is Cc1nnc(Oc2ccc(F)cc2)c(/C(N)=N/O)c1C. The third kappa shape index (κ3) is 2.66. The highest BCUT2D eigenvalue weighted by Gasteiger charge is 2.17. The maximum absolute atomic E-state index is 12.8. The van der Waals surface area contributed by atoms with Gasteiger partial charge in [-0.15, -0.1) is 5.10 Å². The largest absolute Gasteiger partial charge is 0.437 e. The number of aromatic nitrogens is 2. The molecule has 0 aliphatic carbocycles. The molecule has 1 heterocycles. The molecule has 2 aromatic rings. The topological polar surface area (TPSA) is 93.6 Å². The van der Waals surface area contributed by atoms with Gasteiger partial charge in [-0.05, 0) is 43.7 Å². The quantitative estimate of drug-likeness (QED) is 0.387. The molecule has 0 saturated heterocycles. The van der Waals surface area contributed by atoms with Crippen LogP contribution in [0.25, 0.3) is 0 Å². The van der Waals surface area contributed by atoms with E-state index in [-0.39, 0.29) is 17.5 Å². The normalized spacial score (nSPS) is 11.4. The van der Waals surface area contributed by atoms with Crippen molar-refractivity contribution >= 4 is 5.84 Å². The van der Waals surface area contributed by atoms with Gasteiger partial charge < -0.3 is 15.7 Å². The van der Waals surface area contributed by atoms with Gasteiger partial charge in [-0.2, -0.15) is 5.10 Å². The summed E-state index contributed by atoms with van der Waals surface area (Å²) in [7, 11) is 0. The smallest absolute Gasteiger partial charge is 0.250 e. The number of benzene rings is 1. The first-order valence-corrected chi connectivity index (χ1v) is 5.78. The summed E-state index contributed by atoms with van der Waals surface area (Å²) in [6.45, 7) is 3.51. The number of ether oxygens (including phenoxy) is 1. The molecule has 0 aliphatic rings. The predicted octanol–water partition coefficient (Wildman–Crippen LogP) is 2.12. The zero-order valence-electron chi connectivity index (χ0n) is 11.0. The molecule has 0 amide bonds. The average molecular weight is 276 g/mol. The Kier molecular flexibility index (Phi) is 3.79. The zero-order valence-corrected chi connectivity index (χ0v) is 11.0. The van der Waals surface area contributed by atoms with Crippen LogP contribution < -0.4 is 10.5 Å². The van der Waals surface area contributed by atoms with E-state index in [0.717, 1.165) is 0 Å². The Bertz CT molecular complexity index is 656. The van der Waals surface area contributed by atoms with Crippen LogP contribution in [0, 0.1) is 19.7 Å². The van der Waals surface area contributed by atoms with Crippen LogP contribution in [0.15, 0.2) is 29.4 Å². The number of aryl methyl sites for hydroxylation is 1. The van der Waals surface area contributed by atoms with Crippen molar-refractivity contribution in [2.75, 3.05) is 0 Å². The molecular weight excluding hydrogens is 263 g/mol. The second-order valence-corrected chi connectivity index (χ2v) is 4.13. The van der Waals surface area contributed by atoms with Crippen LogP contribution in [0.2, 0.25) is 0 Å². The lowest BCUT2D eigenvalue weighted by Gasteiger charge is -2.12. The lowest BCUT2D eigenvalue weighted by Crippen LogP contribution is -2.18. The first-order chi connectivity index (χ1) is 9.52. The Morgan fingerprint density at radius 3 is 2.50 bits per heavy atom. The number of oxime groups is 1. The maximum atomic E-state index is 12.8. The molecule has 1 aromatic carbocycles. The van der Waals surface area contributed by atoms with E-state index in [1.54, 1.807) is 13.8 Å². The van der Waals surface area contributed by atoms with E-state index < -0.39 is 0 Å². The molecule has 1 aromatic heterocycles. The van der Waals surface area contributed by atoms with Gasteiger partial charge >= 0.3 is 0 Å². The van der Waals surface area contributed by atoms with Crippen LogP contribution >= 0.6 is 0 Å². The molecule has 0 saturated carbocycles. The Hall–Kier alpha value is -2.70. The van der Waals surface area contributed by atoms with Crippen molar-refractivity contribution in [1.82, 2.24) is 10.2 Å². The molecule has 7 heteroatoms. The van der Waals surface area contributed by atoms with Gasteiger partial charge in [-0.3, -0.25) is 0 Å². The number of amidine groups is 1. The monoisotopic (exact) mass is 276 g/mol. The predicted molar refractivity (Wildman–Crippen MR) is 70.5 cm³/mol. The molecule has 0 atom stereocenters. The van der Waals surface area contributed by atoms with Crippen LogP contribution in [0.4, 0.5) is 4.39 Å². The van der Waals surface area contributed by atoms with E-state index in [0.29, 0.717) is 22.6 Å². The van der Waals surface area contributed by atoms with Gasteiger partial charge in [-0.25, -0.2) is 4.39 Å². The highest BCUT2D eigenvalue weighted by molar-refractivity contribution is 6.00. The first-order valence-electron chi connectivity index (χ1n) is 5.78. The fraction of sp³-hybridized carbons (Fsp3) is 0.154. The van der Waals surface area contributed by atoms with Crippen molar-refractivity contribution in [1.29, 1.82) is 0 Å². The summed E-state index contributed by atoms with van der Waals surface area (Å²) in [6, 6.07) is 5.41. The molecule has 20 heavy (non-hydrogen) atoms. The summed E-state index contributed by atoms with van der Waals surface area (Å²) in [5.41, 5.74) is 7.31. The molecular formula is C13H13FN4O2. The van der Waals surface area contributed by atoms with E-state index in [4.69, 9.17) is 15.7 Å². The summed E-state index contributed by atoms with van der Waals surface area (Å²) in [4.78, 5) is 0. The summed E-state index contributed by atoms with van der Waals surface area (Å²) in [5.74, 6) is -0.0382. The highest BCUT2D eigenvalue weighted by atomic mass is 19.1. The van der Waals surface area contributed by atoms with Gasteiger partial charge in [0.15, 0.2) is 5.84 Å². The van der Waals surface area contributed by atoms with Crippen LogP contribution in [0.1, 0.15) is 16.8 Å². The van der Waals surface area contributed by atoms with E-state index in [1.807, 2.05) is 0 Å². The number of nitrogens with zero attached hydrogens (tertiary/aromatic N) is 3. The van der Waals surface area contributed by atoms with E-state index >= 15 is 0 Å². The molecule has 0 radical (unpaired) electrons. The molecule has 2 rings (SSSR count). The second-order valence-electron chi connectivity index (χ2n) is 4.13. The van der Waals surface area contributed by atoms with Gasteiger partial charge in [0, 0.05) is 0 Å². The van der Waals surface area contributed by atoms with Gasteiger partial charge in [0.1, 0.15) is 11.6 Å². The third-order valence-electron chi connectivity index (χ3n) is 2.81. The number of halogens is 1. The third-order valence-corrected chi connectivity index (χ3v) is 2.81. The highest BCUT2D eigenvalue weighted by Crippen LogP contribution is 2.25. The molecule has 0 fully saturated rings. The summed E-state index contributed by atoms with van der Waals surface area (Å²) in [6.07, 6.45) is 0. The Morgan fingerprint density at radius 1 is 1.25 bits per heavy atom. The lowest BCUT2D eigenvalue weighted by molar-refractivity contribution is 0.318. The van der Waals surface area contributed by atoms with Gasteiger partial charge in [-0.1, -0.05) is 5.16 Å². The fourth-order valence-corrected chi connectivity index (χ4v) is 1.62. The number of nitrogens with two attached hydrogens (primary N) is 1. The fourth-order valence-electron chi connectivity index (χ4n) is 1.62. The van der Waals surface area contributed by atoms with Crippen molar-refractivity contribution in [2.24, 2.45) is 10.9 Å². The minimum Gasteiger partial charge on any atom is -0.437 e. The van der Waals surface area contributed by atoms with E-state index in [9.17, 15) is 4.39 Å². The Morgan fingerprint density at radius 2 is 1.90 bits per heavy atom. The Labute approximate surface area is 114 Å². The van der Waals surface area contributed by atoms with Crippen LogP contribution in [0.3, 0.4) is 0 Å². The summed E-state index contributed by atoms with van der Waals surface area (Å²) < 4.78 is 18.4. The molecule has 104 valence electrons.